The average Bonchev–Trinajstić information content (AvgIpc) is 2.99. The van der Waals surface area contributed by atoms with E-state index in [1.165, 1.54) is 31.7 Å². The highest BCUT2D eigenvalue weighted by atomic mass is 32.1. The van der Waals surface area contributed by atoms with Gasteiger partial charge in [-0.3, -0.25) is 0 Å². The van der Waals surface area contributed by atoms with Crippen LogP contribution in [0.4, 0.5) is 0 Å². The van der Waals surface area contributed by atoms with Crippen LogP contribution >= 0.6 is 22.7 Å². The standard InChI is InChI=1S/C18H16N2S2/c1-9-7-13(18-14(8-9)19-11(3)22-18)16-10(2)5-6-15-17(16)20-12(4)21-15/h5-8H,1-4H3. The number of fused-ring (bicyclic) bond motifs is 2. The van der Waals surface area contributed by atoms with E-state index >= 15 is 0 Å². The Kier molecular flexibility index (Phi) is 3.06. The molecular formula is C18H16N2S2. The molecule has 0 N–H and O–H groups in total. The molecule has 2 heterocycles. The van der Waals surface area contributed by atoms with Crippen molar-refractivity contribution in [2.75, 3.05) is 0 Å². The minimum absolute atomic E-state index is 1.10. The molecule has 22 heavy (non-hydrogen) atoms. The summed E-state index contributed by atoms with van der Waals surface area (Å²) in [6.07, 6.45) is 0. The predicted octanol–water partition coefficient (Wildman–Crippen LogP) is 5.81. The van der Waals surface area contributed by atoms with Crippen LogP contribution in [0.2, 0.25) is 0 Å². The lowest BCUT2D eigenvalue weighted by Crippen LogP contribution is -1.88. The van der Waals surface area contributed by atoms with E-state index in [0.29, 0.717) is 0 Å². The largest absolute Gasteiger partial charge is 0.241 e. The molecule has 0 aliphatic carbocycles. The van der Waals surface area contributed by atoms with Crippen molar-refractivity contribution in [1.82, 2.24) is 9.97 Å². The molecule has 2 aromatic heterocycles. The molecule has 0 spiro atoms. The van der Waals surface area contributed by atoms with Gasteiger partial charge in [0.15, 0.2) is 0 Å². The zero-order valence-corrected chi connectivity index (χ0v) is 14.7. The number of aromatic nitrogens is 2. The number of hydrogen-bond acceptors (Lipinski definition) is 4. The average molecular weight is 324 g/mol. The Labute approximate surface area is 137 Å². The van der Waals surface area contributed by atoms with Gasteiger partial charge in [-0.25, -0.2) is 9.97 Å². The molecule has 0 unspecified atom stereocenters. The maximum Gasteiger partial charge on any atom is 0.0908 e. The molecule has 0 amide bonds. The van der Waals surface area contributed by atoms with Crippen LogP contribution in [-0.2, 0) is 0 Å². The van der Waals surface area contributed by atoms with E-state index in [4.69, 9.17) is 4.98 Å². The smallest absolute Gasteiger partial charge is 0.0908 e. The summed E-state index contributed by atoms with van der Waals surface area (Å²) in [6.45, 7) is 8.46. The van der Waals surface area contributed by atoms with Crippen molar-refractivity contribution >= 4 is 43.1 Å². The Morgan fingerprint density at radius 3 is 2.45 bits per heavy atom. The van der Waals surface area contributed by atoms with Gasteiger partial charge < -0.3 is 0 Å². The molecule has 2 nitrogen and oxygen atoms in total. The summed E-state index contributed by atoms with van der Waals surface area (Å²) in [4.78, 5) is 9.47. The summed E-state index contributed by atoms with van der Waals surface area (Å²) >= 11 is 3.53. The molecule has 110 valence electrons. The zero-order valence-electron chi connectivity index (χ0n) is 13.0. The van der Waals surface area contributed by atoms with Crippen LogP contribution in [0.25, 0.3) is 31.6 Å². The van der Waals surface area contributed by atoms with E-state index in [-0.39, 0.29) is 0 Å². The summed E-state index contributed by atoms with van der Waals surface area (Å²) in [6, 6.07) is 8.83. The SMILES string of the molecule is Cc1cc(-c2c(C)ccc3sc(C)nc23)c2sc(C)nc2c1. The minimum Gasteiger partial charge on any atom is -0.241 e. The second kappa shape index (κ2) is 4.86. The Morgan fingerprint density at radius 1 is 0.864 bits per heavy atom. The summed E-state index contributed by atoms with van der Waals surface area (Å²) in [5.74, 6) is 0. The fourth-order valence-electron chi connectivity index (χ4n) is 3.02. The Balaban J connectivity index is 2.17. The van der Waals surface area contributed by atoms with Crippen molar-refractivity contribution in [1.29, 1.82) is 0 Å². The van der Waals surface area contributed by atoms with Crippen LogP contribution in [-0.4, -0.2) is 9.97 Å². The highest BCUT2D eigenvalue weighted by molar-refractivity contribution is 7.19. The number of nitrogens with zero attached hydrogens (tertiary/aromatic N) is 2. The molecule has 0 fully saturated rings. The maximum absolute atomic E-state index is 4.80. The molecule has 0 aliphatic rings. The summed E-state index contributed by atoms with van der Waals surface area (Å²) in [7, 11) is 0. The second-order valence-electron chi connectivity index (χ2n) is 5.73. The van der Waals surface area contributed by atoms with E-state index in [1.807, 2.05) is 0 Å². The summed E-state index contributed by atoms with van der Waals surface area (Å²) in [5, 5.41) is 2.23. The fraction of sp³-hybridized carbons (Fsp3) is 0.222. The Morgan fingerprint density at radius 2 is 1.64 bits per heavy atom. The Bertz CT molecular complexity index is 1020. The molecule has 0 aliphatic heterocycles. The summed E-state index contributed by atoms with van der Waals surface area (Å²) in [5.41, 5.74) is 7.28. The number of thiazole rings is 2. The third-order valence-electron chi connectivity index (χ3n) is 3.89. The molecule has 0 radical (unpaired) electrons. The lowest BCUT2D eigenvalue weighted by molar-refractivity contribution is 1.33. The Hall–Kier alpha value is -1.78. The normalized spacial score (nSPS) is 11.6. The van der Waals surface area contributed by atoms with Gasteiger partial charge in [-0.15, -0.1) is 22.7 Å². The highest BCUT2D eigenvalue weighted by Crippen LogP contribution is 2.40. The van der Waals surface area contributed by atoms with Crippen molar-refractivity contribution < 1.29 is 0 Å². The molecule has 4 rings (SSSR count). The molecule has 0 bridgehead atoms. The van der Waals surface area contributed by atoms with E-state index < -0.39 is 0 Å². The number of hydrogen-bond donors (Lipinski definition) is 0. The van der Waals surface area contributed by atoms with Gasteiger partial charge in [-0.05, 0) is 57.0 Å². The summed E-state index contributed by atoms with van der Waals surface area (Å²) < 4.78 is 2.53. The lowest BCUT2D eigenvalue weighted by Gasteiger charge is -2.09. The second-order valence-corrected chi connectivity index (χ2v) is 8.17. The topological polar surface area (TPSA) is 25.8 Å². The molecule has 4 heteroatoms. The fourth-order valence-corrected chi connectivity index (χ4v) is 4.77. The predicted molar refractivity (Wildman–Crippen MR) is 97.2 cm³/mol. The van der Waals surface area contributed by atoms with Crippen molar-refractivity contribution in [3.63, 3.8) is 0 Å². The van der Waals surface area contributed by atoms with Gasteiger partial charge in [0, 0.05) is 11.1 Å². The minimum atomic E-state index is 1.10. The molecular weight excluding hydrogens is 308 g/mol. The molecule has 2 aromatic carbocycles. The molecule has 0 atom stereocenters. The van der Waals surface area contributed by atoms with Gasteiger partial charge in [-0.1, -0.05) is 6.07 Å². The quantitative estimate of drug-likeness (QED) is 0.442. The zero-order chi connectivity index (χ0) is 15.4. The first-order valence-electron chi connectivity index (χ1n) is 7.28. The van der Waals surface area contributed by atoms with E-state index in [1.54, 1.807) is 22.7 Å². The van der Waals surface area contributed by atoms with E-state index in [0.717, 1.165) is 21.0 Å². The van der Waals surface area contributed by atoms with Gasteiger partial charge in [0.25, 0.3) is 0 Å². The molecule has 4 aromatic rings. The first-order chi connectivity index (χ1) is 10.5. The van der Waals surface area contributed by atoms with Crippen molar-refractivity contribution in [3.8, 4) is 11.1 Å². The van der Waals surface area contributed by atoms with E-state index in [2.05, 4.69) is 56.9 Å². The van der Waals surface area contributed by atoms with Crippen LogP contribution in [0.15, 0.2) is 24.3 Å². The number of benzene rings is 2. The molecule has 0 saturated heterocycles. The monoisotopic (exact) mass is 324 g/mol. The molecule has 0 saturated carbocycles. The van der Waals surface area contributed by atoms with Crippen LogP contribution in [0.5, 0.6) is 0 Å². The number of rotatable bonds is 1. The first kappa shape index (κ1) is 13.9. The van der Waals surface area contributed by atoms with Gasteiger partial charge >= 0.3 is 0 Å². The van der Waals surface area contributed by atoms with Gasteiger partial charge in [0.1, 0.15) is 0 Å². The van der Waals surface area contributed by atoms with E-state index in [9.17, 15) is 0 Å². The van der Waals surface area contributed by atoms with Crippen molar-refractivity contribution in [2.45, 2.75) is 27.7 Å². The maximum atomic E-state index is 4.80. The van der Waals surface area contributed by atoms with Crippen LogP contribution in [0, 0.1) is 27.7 Å². The third-order valence-corrected chi connectivity index (χ3v) is 5.84. The highest BCUT2D eigenvalue weighted by Gasteiger charge is 2.16. The van der Waals surface area contributed by atoms with Gasteiger partial charge in [0.2, 0.25) is 0 Å². The van der Waals surface area contributed by atoms with Crippen molar-refractivity contribution in [3.05, 3.63) is 45.4 Å². The van der Waals surface area contributed by atoms with Gasteiger partial charge in [-0.2, -0.15) is 0 Å². The lowest BCUT2D eigenvalue weighted by atomic mass is 9.97. The first-order valence-corrected chi connectivity index (χ1v) is 8.91. The van der Waals surface area contributed by atoms with Crippen LogP contribution < -0.4 is 0 Å². The van der Waals surface area contributed by atoms with Gasteiger partial charge in [0.05, 0.1) is 30.4 Å². The third kappa shape index (κ3) is 2.06. The van der Waals surface area contributed by atoms with Crippen LogP contribution in [0.1, 0.15) is 21.1 Å². The van der Waals surface area contributed by atoms with Crippen LogP contribution in [0.3, 0.4) is 0 Å². The number of aryl methyl sites for hydroxylation is 4. The van der Waals surface area contributed by atoms with Crippen molar-refractivity contribution in [2.24, 2.45) is 0 Å².